The normalized spacial score (nSPS) is 15.7. The maximum atomic E-state index is 3.95. The van der Waals surface area contributed by atoms with Crippen LogP contribution in [0.5, 0.6) is 0 Å². The largest absolute Gasteiger partial charge is 0.100 e. The van der Waals surface area contributed by atoms with E-state index in [4.69, 9.17) is 0 Å². The SMILES string of the molecule is C=C(C)CC(C)CC(C)CCC. The lowest BCUT2D eigenvalue weighted by Crippen LogP contribution is -2.03. The minimum absolute atomic E-state index is 0.823. The van der Waals surface area contributed by atoms with Gasteiger partial charge in [-0.1, -0.05) is 39.2 Å². The average molecular weight is 168 g/mol. The van der Waals surface area contributed by atoms with Gasteiger partial charge < -0.3 is 0 Å². The first kappa shape index (κ1) is 11.7. The molecule has 2 atom stereocenters. The molecular formula is C12H24. The van der Waals surface area contributed by atoms with Gasteiger partial charge in [0.1, 0.15) is 0 Å². The van der Waals surface area contributed by atoms with Crippen LogP contribution in [-0.4, -0.2) is 0 Å². The van der Waals surface area contributed by atoms with Gasteiger partial charge in [0.15, 0.2) is 0 Å². The molecule has 0 saturated heterocycles. The van der Waals surface area contributed by atoms with Gasteiger partial charge in [0.05, 0.1) is 0 Å². The van der Waals surface area contributed by atoms with E-state index in [1.165, 1.54) is 31.3 Å². The predicted octanol–water partition coefficient (Wildman–Crippen LogP) is 4.42. The molecule has 0 aliphatic carbocycles. The second kappa shape index (κ2) is 6.28. The van der Waals surface area contributed by atoms with Crippen molar-refractivity contribution < 1.29 is 0 Å². The van der Waals surface area contributed by atoms with Gasteiger partial charge in [-0.25, -0.2) is 0 Å². The molecule has 0 fully saturated rings. The fourth-order valence-electron chi connectivity index (χ4n) is 1.98. The van der Waals surface area contributed by atoms with Crippen molar-refractivity contribution in [2.24, 2.45) is 11.8 Å². The molecule has 0 aromatic rings. The number of hydrogen-bond donors (Lipinski definition) is 0. The maximum Gasteiger partial charge on any atom is -0.0300 e. The first-order valence-corrected chi connectivity index (χ1v) is 5.20. The van der Waals surface area contributed by atoms with Gasteiger partial charge in [0, 0.05) is 0 Å². The van der Waals surface area contributed by atoms with Crippen LogP contribution in [0.3, 0.4) is 0 Å². The Morgan fingerprint density at radius 3 is 2.25 bits per heavy atom. The van der Waals surface area contributed by atoms with Gasteiger partial charge in [0.2, 0.25) is 0 Å². The Morgan fingerprint density at radius 1 is 1.25 bits per heavy atom. The second-order valence-electron chi connectivity index (χ2n) is 4.40. The van der Waals surface area contributed by atoms with E-state index >= 15 is 0 Å². The van der Waals surface area contributed by atoms with Crippen molar-refractivity contribution >= 4 is 0 Å². The maximum absolute atomic E-state index is 3.95. The monoisotopic (exact) mass is 168 g/mol. The minimum atomic E-state index is 0.823. The lowest BCUT2D eigenvalue weighted by molar-refractivity contribution is 0.390. The van der Waals surface area contributed by atoms with Crippen molar-refractivity contribution in [3.05, 3.63) is 12.2 Å². The van der Waals surface area contributed by atoms with Crippen molar-refractivity contribution in [1.29, 1.82) is 0 Å². The number of hydrogen-bond acceptors (Lipinski definition) is 0. The zero-order chi connectivity index (χ0) is 9.56. The Balaban J connectivity index is 3.53. The molecule has 0 aromatic heterocycles. The summed E-state index contributed by atoms with van der Waals surface area (Å²) in [4.78, 5) is 0. The summed E-state index contributed by atoms with van der Waals surface area (Å²) in [5.74, 6) is 1.72. The van der Waals surface area contributed by atoms with Gasteiger partial charge in [0.25, 0.3) is 0 Å². The molecule has 0 nitrogen and oxygen atoms in total. The van der Waals surface area contributed by atoms with E-state index < -0.39 is 0 Å². The average Bonchev–Trinajstić information content (AvgIpc) is 1.84. The fourth-order valence-corrected chi connectivity index (χ4v) is 1.98. The van der Waals surface area contributed by atoms with E-state index in [0.717, 1.165) is 11.8 Å². The fraction of sp³-hybridized carbons (Fsp3) is 0.833. The highest BCUT2D eigenvalue weighted by molar-refractivity contribution is 4.89. The Hall–Kier alpha value is -0.260. The van der Waals surface area contributed by atoms with Crippen molar-refractivity contribution in [2.75, 3.05) is 0 Å². The summed E-state index contributed by atoms with van der Waals surface area (Å²) in [7, 11) is 0. The molecule has 0 amide bonds. The van der Waals surface area contributed by atoms with Crippen LogP contribution in [0.2, 0.25) is 0 Å². The van der Waals surface area contributed by atoms with Gasteiger partial charge >= 0.3 is 0 Å². The molecule has 0 radical (unpaired) electrons. The highest BCUT2D eigenvalue weighted by Crippen LogP contribution is 2.21. The Morgan fingerprint density at radius 2 is 1.83 bits per heavy atom. The van der Waals surface area contributed by atoms with Gasteiger partial charge in [-0.15, -0.1) is 6.58 Å². The molecule has 0 spiro atoms. The predicted molar refractivity (Wildman–Crippen MR) is 57.3 cm³/mol. The van der Waals surface area contributed by atoms with Crippen LogP contribution >= 0.6 is 0 Å². The Kier molecular flexibility index (Phi) is 6.14. The molecular weight excluding hydrogens is 144 g/mol. The zero-order valence-electron chi connectivity index (χ0n) is 9.19. The summed E-state index contributed by atoms with van der Waals surface area (Å²) in [5.41, 5.74) is 1.33. The van der Waals surface area contributed by atoms with E-state index in [1.54, 1.807) is 0 Å². The number of allylic oxidation sites excluding steroid dienone is 1. The van der Waals surface area contributed by atoms with Crippen LogP contribution in [0, 0.1) is 11.8 Å². The Bertz CT molecular complexity index is 124. The first-order valence-electron chi connectivity index (χ1n) is 5.20. The second-order valence-corrected chi connectivity index (χ2v) is 4.40. The highest BCUT2D eigenvalue weighted by atomic mass is 14.1. The van der Waals surface area contributed by atoms with Crippen LogP contribution in [0.15, 0.2) is 12.2 Å². The third-order valence-electron chi connectivity index (χ3n) is 2.28. The third-order valence-corrected chi connectivity index (χ3v) is 2.28. The van der Waals surface area contributed by atoms with Gasteiger partial charge in [-0.3, -0.25) is 0 Å². The Labute approximate surface area is 78.1 Å². The van der Waals surface area contributed by atoms with Crippen LogP contribution in [-0.2, 0) is 0 Å². The molecule has 0 aliphatic heterocycles. The molecule has 72 valence electrons. The van der Waals surface area contributed by atoms with Crippen LogP contribution in [0.1, 0.15) is 53.4 Å². The molecule has 2 unspecified atom stereocenters. The van der Waals surface area contributed by atoms with Gasteiger partial charge in [-0.2, -0.15) is 0 Å². The number of rotatable bonds is 6. The lowest BCUT2D eigenvalue weighted by atomic mass is 9.90. The molecule has 0 rings (SSSR count). The highest BCUT2D eigenvalue weighted by Gasteiger charge is 2.07. The lowest BCUT2D eigenvalue weighted by Gasteiger charge is -2.16. The molecule has 0 saturated carbocycles. The summed E-state index contributed by atoms with van der Waals surface area (Å²) in [6.07, 6.45) is 5.26. The summed E-state index contributed by atoms with van der Waals surface area (Å²) in [6, 6.07) is 0. The molecule has 0 heteroatoms. The molecule has 12 heavy (non-hydrogen) atoms. The van der Waals surface area contributed by atoms with Crippen molar-refractivity contribution in [1.82, 2.24) is 0 Å². The van der Waals surface area contributed by atoms with E-state index in [0.29, 0.717) is 0 Å². The topological polar surface area (TPSA) is 0 Å². The standard InChI is InChI=1S/C12H24/c1-6-7-11(4)9-12(5)8-10(2)3/h11-12H,2,6-9H2,1,3-5H3. The first-order chi connectivity index (χ1) is 5.56. The molecule has 0 aromatic carbocycles. The van der Waals surface area contributed by atoms with Crippen LogP contribution in [0.25, 0.3) is 0 Å². The summed E-state index contributed by atoms with van der Waals surface area (Å²) >= 11 is 0. The smallest absolute Gasteiger partial charge is 0.0300 e. The van der Waals surface area contributed by atoms with Crippen molar-refractivity contribution in [3.63, 3.8) is 0 Å². The molecule has 0 heterocycles. The van der Waals surface area contributed by atoms with E-state index in [1.807, 2.05) is 0 Å². The van der Waals surface area contributed by atoms with Crippen molar-refractivity contribution in [2.45, 2.75) is 53.4 Å². The summed E-state index contributed by atoms with van der Waals surface area (Å²) in [6.45, 7) is 13.0. The quantitative estimate of drug-likeness (QED) is 0.515. The van der Waals surface area contributed by atoms with E-state index in [-0.39, 0.29) is 0 Å². The van der Waals surface area contributed by atoms with E-state index in [9.17, 15) is 0 Å². The minimum Gasteiger partial charge on any atom is -0.100 e. The van der Waals surface area contributed by atoms with E-state index in [2.05, 4.69) is 34.3 Å². The molecule has 0 aliphatic rings. The zero-order valence-corrected chi connectivity index (χ0v) is 9.19. The van der Waals surface area contributed by atoms with Crippen molar-refractivity contribution in [3.8, 4) is 0 Å². The summed E-state index contributed by atoms with van der Waals surface area (Å²) < 4.78 is 0. The van der Waals surface area contributed by atoms with Gasteiger partial charge in [-0.05, 0) is 31.6 Å². The van der Waals surface area contributed by atoms with Crippen LogP contribution in [0.4, 0.5) is 0 Å². The molecule has 0 bridgehead atoms. The molecule has 0 N–H and O–H groups in total. The van der Waals surface area contributed by atoms with Crippen LogP contribution < -0.4 is 0 Å². The summed E-state index contributed by atoms with van der Waals surface area (Å²) in [5, 5.41) is 0. The third kappa shape index (κ3) is 6.45.